The van der Waals surface area contributed by atoms with Gasteiger partial charge in [0.25, 0.3) is 0 Å². The van der Waals surface area contributed by atoms with Gasteiger partial charge in [0, 0.05) is 6.20 Å². The second kappa shape index (κ2) is 16.7. The summed E-state index contributed by atoms with van der Waals surface area (Å²) in [4.78, 5) is 27.7. The number of halogens is 2. The summed E-state index contributed by atoms with van der Waals surface area (Å²) in [5.41, 5.74) is -1.11. The number of nitrogens with zero attached hydrogens (tertiary/aromatic N) is 2. The molecule has 3 N–H and O–H groups in total. The fourth-order valence-corrected chi connectivity index (χ4v) is 4.38. The Kier molecular flexibility index (Phi) is 14.0. The Balaban J connectivity index is 1.56. The normalized spacial score (nSPS) is 20.7. The summed E-state index contributed by atoms with van der Waals surface area (Å²) < 4.78 is 39.0. The molecule has 1 aromatic rings. The molecule has 37 heavy (non-hydrogen) atoms. The first-order chi connectivity index (χ1) is 17.8. The molecule has 1 aliphatic heterocycles. The number of carbonyl (C=O) groups is 1. The molecule has 0 radical (unpaired) electrons. The van der Waals surface area contributed by atoms with Gasteiger partial charge in [-0.25, -0.2) is 9.59 Å². The lowest BCUT2D eigenvalue weighted by Gasteiger charge is -2.21. The molecule has 1 fully saturated rings. The van der Waals surface area contributed by atoms with Crippen LogP contribution in [0, 0.1) is 0 Å². The molecule has 0 bridgehead atoms. The second-order valence-corrected chi connectivity index (χ2v) is 9.69. The van der Waals surface area contributed by atoms with Crippen LogP contribution in [-0.2, 0) is 9.47 Å². The molecule has 1 aliphatic rings. The van der Waals surface area contributed by atoms with Crippen molar-refractivity contribution in [3.05, 3.63) is 22.7 Å². The third kappa shape index (κ3) is 10.3. The number of hydrogen-bond acceptors (Lipinski definition) is 7. The third-order valence-corrected chi connectivity index (χ3v) is 6.60. The molecule has 2 heterocycles. The van der Waals surface area contributed by atoms with E-state index in [4.69, 9.17) is 14.6 Å². The summed E-state index contributed by atoms with van der Waals surface area (Å²) in [6, 6.07) is 1.15. The Morgan fingerprint density at radius 1 is 1.05 bits per heavy atom. The first-order valence-corrected chi connectivity index (χ1v) is 13.7. The minimum absolute atomic E-state index is 0.159. The van der Waals surface area contributed by atoms with E-state index in [1.54, 1.807) is 0 Å². The van der Waals surface area contributed by atoms with Gasteiger partial charge >= 0.3 is 17.7 Å². The number of alkyl halides is 2. The smallest absolute Gasteiger partial charge is 0.412 e. The minimum atomic E-state index is -3.81. The average molecular weight is 532 g/mol. The Bertz CT molecular complexity index is 854. The molecule has 1 saturated heterocycles. The molecule has 0 spiro atoms. The van der Waals surface area contributed by atoms with Crippen molar-refractivity contribution < 1.29 is 33.3 Å². The van der Waals surface area contributed by atoms with Gasteiger partial charge in [-0.05, 0) is 12.5 Å². The van der Waals surface area contributed by atoms with Gasteiger partial charge in [0.15, 0.2) is 6.10 Å². The van der Waals surface area contributed by atoms with Crippen molar-refractivity contribution in [1.29, 1.82) is 0 Å². The number of unbranched alkanes of at least 4 members (excludes halogenated alkanes) is 13. The number of anilines is 1. The number of hydrogen-bond donors (Lipinski definition) is 3. The predicted molar refractivity (Wildman–Crippen MR) is 136 cm³/mol. The zero-order valence-electron chi connectivity index (χ0n) is 21.9. The van der Waals surface area contributed by atoms with Crippen LogP contribution >= 0.6 is 0 Å². The van der Waals surface area contributed by atoms with Gasteiger partial charge in [0.2, 0.25) is 6.23 Å². The van der Waals surface area contributed by atoms with E-state index < -0.39 is 42.7 Å². The minimum Gasteiger partial charge on any atom is -0.449 e. The topological polar surface area (TPSA) is 123 Å². The lowest BCUT2D eigenvalue weighted by atomic mass is 10.0. The maximum atomic E-state index is 14.2. The Morgan fingerprint density at radius 2 is 1.59 bits per heavy atom. The van der Waals surface area contributed by atoms with Gasteiger partial charge in [0.1, 0.15) is 11.9 Å². The first kappa shape index (κ1) is 31.1. The zero-order chi connectivity index (χ0) is 27.1. The van der Waals surface area contributed by atoms with E-state index in [1.807, 2.05) is 0 Å². The Labute approximate surface area is 217 Å². The van der Waals surface area contributed by atoms with Crippen molar-refractivity contribution in [2.75, 3.05) is 18.5 Å². The monoisotopic (exact) mass is 531 g/mol. The standard InChI is InChI=1S/C26H43F2N3O6/c1-2-3-4-5-6-7-8-9-10-11-12-13-14-15-18-36-25(35)30-21-16-17-31(24(34)29-21)23-26(27,28)22(33)20(19-32)37-23/h16-17,20,22-23,32-33H,2-15,18-19H2,1H3,(H,29,30,34,35). The van der Waals surface area contributed by atoms with E-state index in [-0.39, 0.29) is 12.4 Å². The van der Waals surface area contributed by atoms with Crippen molar-refractivity contribution in [1.82, 2.24) is 9.55 Å². The zero-order valence-corrected chi connectivity index (χ0v) is 21.9. The summed E-state index contributed by atoms with van der Waals surface area (Å²) >= 11 is 0. The number of nitrogens with one attached hydrogen (secondary N) is 1. The van der Waals surface area contributed by atoms with Crippen LogP contribution in [0.25, 0.3) is 0 Å². The molecule has 0 saturated carbocycles. The Morgan fingerprint density at radius 3 is 2.08 bits per heavy atom. The van der Waals surface area contributed by atoms with Crippen LogP contribution in [0.3, 0.4) is 0 Å². The molecule has 2 rings (SSSR count). The quantitative estimate of drug-likeness (QED) is 0.224. The molecular formula is C26H43F2N3O6. The Hall–Kier alpha value is -2.11. The van der Waals surface area contributed by atoms with E-state index >= 15 is 0 Å². The first-order valence-electron chi connectivity index (χ1n) is 13.7. The number of aromatic nitrogens is 2. The summed E-state index contributed by atoms with van der Waals surface area (Å²) in [7, 11) is 0. The lowest BCUT2D eigenvalue weighted by molar-refractivity contribution is -0.140. The van der Waals surface area contributed by atoms with E-state index in [0.29, 0.717) is 4.57 Å². The SMILES string of the molecule is CCCCCCCCCCCCCCCCOC(=O)Nc1ccn(C2OC(CO)C(O)C2(F)F)c(=O)n1. The number of aliphatic hydroxyl groups excluding tert-OH is 2. The number of amides is 1. The third-order valence-electron chi connectivity index (χ3n) is 6.60. The van der Waals surface area contributed by atoms with Crippen LogP contribution in [0.15, 0.2) is 17.1 Å². The van der Waals surface area contributed by atoms with Crippen LogP contribution in [-0.4, -0.2) is 57.2 Å². The number of carbonyl (C=O) groups excluding carboxylic acids is 1. The van der Waals surface area contributed by atoms with Crippen molar-refractivity contribution in [3.63, 3.8) is 0 Å². The van der Waals surface area contributed by atoms with Crippen LogP contribution in [0.5, 0.6) is 0 Å². The highest BCUT2D eigenvalue weighted by Crippen LogP contribution is 2.41. The maximum absolute atomic E-state index is 14.2. The van der Waals surface area contributed by atoms with Gasteiger partial charge in [-0.1, -0.05) is 90.4 Å². The molecule has 212 valence electrons. The fourth-order valence-electron chi connectivity index (χ4n) is 4.38. The largest absolute Gasteiger partial charge is 0.449 e. The molecule has 0 aromatic carbocycles. The maximum Gasteiger partial charge on any atom is 0.412 e. The molecule has 3 unspecified atom stereocenters. The lowest BCUT2D eigenvalue weighted by Crippen LogP contribution is -2.41. The van der Waals surface area contributed by atoms with E-state index in [2.05, 4.69) is 17.2 Å². The van der Waals surface area contributed by atoms with E-state index in [9.17, 15) is 23.5 Å². The van der Waals surface area contributed by atoms with Gasteiger partial charge in [-0.2, -0.15) is 13.8 Å². The van der Waals surface area contributed by atoms with Crippen molar-refractivity contribution >= 4 is 11.9 Å². The summed E-state index contributed by atoms with van der Waals surface area (Å²) in [6.07, 6.45) is 11.4. The molecule has 0 aliphatic carbocycles. The molecule has 1 amide bonds. The number of rotatable bonds is 18. The summed E-state index contributed by atoms with van der Waals surface area (Å²) in [5.74, 6) is -3.96. The van der Waals surface area contributed by atoms with Crippen LogP contribution in [0.4, 0.5) is 19.4 Å². The van der Waals surface area contributed by atoms with Gasteiger partial charge in [0.05, 0.1) is 13.2 Å². The molecule has 3 atom stereocenters. The molecule has 1 aromatic heterocycles. The second-order valence-electron chi connectivity index (χ2n) is 9.69. The van der Waals surface area contributed by atoms with Gasteiger partial charge in [-0.15, -0.1) is 0 Å². The predicted octanol–water partition coefficient (Wildman–Crippen LogP) is 5.16. The van der Waals surface area contributed by atoms with Crippen LogP contribution in [0.1, 0.15) is 103 Å². The highest BCUT2D eigenvalue weighted by molar-refractivity contribution is 5.83. The highest BCUT2D eigenvalue weighted by atomic mass is 19.3. The van der Waals surface area contributed by atoms with E-state index in [0.717, 1.165) is 31.5 Å². The number of aliphatic hydroxyl groups is 2. The van der Waals surface area contributed by atoms with Crippen molar-refractivity contribution in [3.8, 4) is 0 Å². The molecular weight excluding hydrogens is 488 g/mol. The van der Waals surface area contributed by atoms with E-state index in [1.165, 1.54) is 70.6 Å². The molecule has 9 nitrogen and oxygen atoms in total. The van der Waals surface area contributed by atoms with Crippen molar-refractivity contribution in [2.24, 2.45) is 0 Å². The molecule has 11 heteroatoms. The fraction of sp³-hybridized carbons (Fsp3) is 0.808. The van der Waals surface area contributed by atoms with Crippen molar-refractivity contribution in [2.45, 2.75) is 121 Å². The summed E-state index contributed by atoms with van der Waals surface area (Å²) in [6.45, 7) is 1.63. The highest BCUT2D eigenvalue weighted by Gasteiger charge is 2.59. The number of ether oxygens (including phenoxy) is 2. The van der Waals surface area contributed by atoms with Gasteiger partial charge in [-0.3, -0.25) is 9.88 Å². The average Bonchev–Trinajstić information content (AvgIpc) is 3.09. The summed E-state index contributed by atoms with van der Waals surface area (Å²) in [5, 5.41) is 21.0. The van der Waals surface area contributed by atoms with Crippen LogP contribution < -0.4 is 11.0 Å². The van der Waals surface area contributed by atoms with Crippen LogP contribution in [0.2, 0.25) is 0 Å². The van der Waals surface area contributed by atoms with Gasteiger partial charge < -0.3 is 19.7 Å².